The van der Waals surface area contributed by atoms with Crippen molar-refractivity contribution in [2.24, 2.45) is 0 Å². The second kappa shape index (κ2) is 7.44. The zero-order valence-electron chi connectivity index (χ0n) is 11.5. The van der Waals surface area contributed by atoms with Crippen molar-refractivity contribution in [3.63, 3.8) is 0 Å². The van der Waals surface area contributed by atoms with Crippen LogP contribution in [0.5, 0.6) is 0 Å². The molecule has 120 valence electrons. The number of esters is 1. The average molecular weight is 380 g/mol. The van der Waals surface area contributed by atoms with E-state index in [4.69, 9.17) is 0 Å². The number of hydrogen-bond donors (Lipinski definition) is 1. The molecule has 8 heteroatoms. The summed E-state index contributed by atoms with van der Waals surface area (Å²) in [6, 6.07) is 3.19. The summed E-state index contributed by atoms with van der Waals surface area (Å²) in [5.74, 6) is -1.80. The van der Waals surface area contributed by atoms with Crippen LogP contribution in [-0.2, 0) is 15.7 Å². The molecule has 0 saturated heterocycles. The van der Waals surface area contributed by atoms with Crippen LogP contribution < -0.4 is 5.32 Å². The van der Waals surface area contributed by atoms with Crippen LogP contribution in [0.2, 0.25) is 0 Å². The molecule has 0 fully saturated rings. The standard InChI is InChI=1S/C14H13BrF3NO3/c1-8(15)7-11(13(21)22-2)19-12(20)9-5-3-4-6-10(9)14(16,17)18/h3-6,11H,1,7H2,2H3,(H,19,20)/t11-/m0/s1. The normalized spacial score (nSPS) is 12.4. The molecule has 0 radical (unpaired) electrons. The maximum Gasteiger partial charge on any atom is 0.417 e. The first-order chi connectivity index (χ1) is 10.2. The minimum absolute atomic E-state index is 0.00734. The molecule has 0 spiro atoms. The van der Waals surface area contributed by atoms with Gasteiger partial charge in [0.25, 0.3) is 5.91 Å². The van der Waals surface area contributed by atoms with Crippen LogP contribution in [0.1, 0.15) is 22.3 Å². The summed E-state index contributed by atoms with van der Waals surface area (Å²) >= 11 is 3.03. The molecule has 1 N–H and O–H groups in total. The Balaban J connectivity index is 3.05. The third kappa shape index (κ3) is 4.87. The largest absolute Gasteiger partial charge is 0.467 e. The third-order valence-corrected chi connectivity index (χ3v) is 3.02. The van der Waals surface area contributed by atoms with Gasteiger partial charge in [-0.25, -0.2) is 4.79 Å². The molecule has 1 aromatic rings. The van der Waals surface area contributed by atoms with Gasteiger partial charge < -0.3 is 10.1 Å². The summed E-state index contributed by atoms with van der Waals surface area (Å²) in [4.78, 5) is 23.6. The molecular weight excluding hydrogens is 367 g/mol. The number of carbonyl (C=O) groups excluding carboxylic acids is 2. The number of hydrogen-bond acceptors (Lipinski definition) is 3. The van der Waals surface area contributed by atoms with Crippen molar-refractivity contribution in [1.82, 2.24) is 5.32 Å². The molecule has 22 heavy (non-hydrogen) atoms. The van der Waals surface area contributed by atoms with Gasteiger partial charge in [-0.2, -0.15) is 13.2 Å². The van der Waals surface area contributed by atoms with E-state index in [1.165, 1.54) is 12.1 Å². The molecule has 0 aliphatic heterocycles. The fourth-order valence-corrected chi connectivity index (χ4v) is 2.05. The molecule has 0 bridgehead atoms. The Morgan fingerprint density at radius 1 is 1.36 bits per heavy atom. The van der Waals surface area contributed by atoms with Crippen molar-refractivity contribution in [3.8, 4) is 0 Å². The molecule has 0 saturated carbocycles. The first kappa shape index (κ1) is 18.2. The number of nitrogens with one attached hydrogen (secondary N) is 1. The van der Waals surface area contributed by atoms with Gasteiger partial charge in [0.2, 0.25) is 0 Å². The summed E-state index contributed by atoms with van der Waals surface area (Å²) in [5, 5.41) is 2.22. The Hall–Kier alpha value is -1.83. The van der Waals surface area contributed by atoms with E-state index in [0.717, 1.165) is 19.2 Å². The van der Waals surface area contributed by atoms with Crippen molar-refractivity contribution >= 4 is 27.8 Å². The van der Waals surface area contributed by atoms with Crippen molar-refractivity contribution in [2.45, 2.75) is 18.6 Å². The van der Waals surface area contributed by atoms with Crippen LogP contribution >= 0.6 is 15.9 Å². The number of methoxy groups -OCH3 is 1. The van der Waals surface area contributed by atoms with Crippen LogP contribution in [0.25, 0.3) is 0 Å². The van der Waals surface area contributed by atoms with Crippen molar-refractivity contribution in [3.05, 3.63) is 46.5 Å². The van der Waals surface area contributed by atoms with Crippen molar-refractivity contribution < 1.29 is 27.5 Å². The SMILES string of the molecule is C=C(Br)C[C@H](NC(=O)c1ccccc1C(F)(F)F)C(=O)OC. The highest BCUT2D eigenvalue weighted by Gasteiger charge is 2.35. The second-order valence-electron chi connectivity index (χ2n) is 4.31. The Bertz CT molecular complexity index is 587. The lowest BCUT2D eigenvalue weighted by Crippen LogP contribution is -2.42. The van der Waals surface area contributed by atoms with Gasteiger partial charge in [0.1, 0.15) is 6.04 Å². The highest BCUT2D eigenvalue weighted by Crippen LogP contribution is 2.31. The minimum Gasteiger partial charge on any atom is -0.467 e. The maximum atomic E-state index is 12.9. The van der Waals surface area contributed by atoms with Gasteiger partial charge in [-0.05, 0) is 16.6 Å². The number of ether oxygens (including phenoxy) is 1. The number of benzene rings is 1. The van der Waals surface area contributed by atoms with Crippen LogP contribution in [0, 0.1) is 0 Å². The highest BCUT2D eigenvalue weighted by molar-refractivity contribution is 9.11. The van der Waals surface area contributed by atoms with E-state index in [0.29, 0.717) is 4.48 Å². The van der Waals surface area contributed by atoms with E-state index < -0.39 is 35.2 Å². The monoisotopic (exact) mass is 379 g/mol. The number of carbonyl (C=O) groups is 2. The molecule has 1 atom stereocenters. The van der Waals surface area contributed by atoms with Crippen molar-refractivity contribution in [2.75, 3.05) is 7.11 Å². The Morgan fingerprint density at radius 3 is 2.45 bits per heavy atom. The smallest absolute Gasteiger partial charge is 0.417 e. The average Bonchev–Trinajstić information content (AvgIpc) is 2.44. The van der Waals surface area contributed by atoms with Crippen molar-refractivity contribution in [1.29, 1.82) is 0 Å². The summed E-state index contributed by atoms with van der Waals surface area (Å²) in [6.07, 6.45) is -4.68. The Morgan fingerprint density at radius 2 is 1.95 bits per heavy atom. The van der Waals surface area contributed by atoms with Gasteiger partial charge in [-0.15, -0.1) is 0 Å². The first-order valence-electron chi connectivity index (χ1n) is 6.05. The van der Waals surface area contributed by atoms with Gasteiger partial charge in [-0.1, -0.05) is 34.6 Å². The zero-order valence-corrected chi connectivity index (χ0v) is 13.1. The number of rotatable bonds is 5. The van der Waals surface area contributed by atoms with Crippen LogP contribution in [0.15, 0.2) is 35.3 Å². The molecule has 0 heterocycles. The topological polar surface area (TPSA) is 55.4 Å². The molecule has 0 unspecified atom stereocenters. The summed E-state index contributed by atoms with van der Waals surface area (Å²) in [7, 11) is 1.11. The van der Waals surface area contributed by atoms with Gasteiger partial charge >= 0.3 is 12.1 Å². The first-order valence-corrected chi connectivity index (χ1v) is 6.84. The van der Waals surface area contributed by atoms with Gasteiger partial charge in [0.05, 0.1) is 18.2 Å². The Kier molecular flexibility index (Phi) is 6.16. The zero-order chi connectivity index (χ0) is 16.9. The summed E-state index contributed by atoms with van der Waals surface area (Å²) in [6.45, 7) is 3.53. The van der Waals surface area contributed by atoms with Gasteiger partial charge in [-0.3, -0.25) is 4.79 Å². The maximum absolute atomic E-state index is 12.9. The van der Waals surface area contributed by atoms with E-state index in [9.17, 15) is 22.8 Å². The number of amides is 1. The predicted molar refractivity (Wildman–Crippen MR) is 77.4 cm³/mol. The van der Waals surface area contributed by atoms with Crippen LogP contribution in [0.4, 0.5) is 13.2 Å². The lowest BCUT2D eigenvalue weighted by molar-refractivity contribution is -0.142. The highest BCUT2D eigenvalue weighted by atomic mass is 79.9. The molecule has 4 nitrogen and oxygen atoms in total. The second-order valence-corrected chi connectivity index (χ2v) is 5.44. The molecule has 0 aliphatic rings. The minimum atomic E-state index is -4.67. The third-order valence-electron chi connectivity index (χ3n) is 2.69. The number of alkyl halides is 3. The van der Waals surface area contributed by atoms with Crippen LogP contribution in [0.3, 0.4) is 0 Å². The molecule has 0 aromatic heterocycles. The molecule has 1 rings (SSSR count). The summed E-state index contributed by atoms with van der Waals surface area (Å²) < 4.78 is 43.6. The van der Waals surface area contributed by atoms with E-state index in [1.54, 1.807) is 0 Å². The predicted octanol–water partition coefficient (Wildman–Crippen LogP) is 3.28. The fourth-order valence-electron chi connectivity index (χ4n) is 1.72. The molecular formula is C14H13BrF3NO3. The van der Waals surface area contributed by atoms with E-state index >= 15 is 0 Å². The summed E-state index contributed by atoms with van der Waals surface area (Å²) in [5.41, 5.74) is -1.64. The lowest BCUT2D eigenvalue weighted by Gasteiger charge is -2.18. The molecule has 1 amide bonds. The van der Waals surface area contributed by atoms with Gasteiger partial charge in [0, 0.05) is 6.42 Å². The quantitative estimate of drug-likeness (QED) is 0.798. The Labute approximate surface area is 133 Å². The molecule has 0 aliphatic carbocycles. The van der Waals surface area contributed by atoms with E-state index in [2.05, 4.69) is 32.6 Å². The van der Waals surface area contributed by atoms with Gasteiger partial charge in [0.15, 0.2) is 0 Å². The number of halogens is 4. The fraction of sp³-hybridized carbons (Fsp3) is 0.286. The van der Waals surface area contributed by atoms with Crippen LogP contribution in [-0.4, -0.2) is 25.0 Å². The lowest BCUT2D eigenvalue weighted by atomic mass is 10.1. The van der Waals surface area contributed by atoms with E-state index in [-0.39, 0.29) is 6.42 Å². The van der Waals surface area contributed by atoms with E-state index in [1.807, 2.05) is 0 Å². The molecule has 1 aromatic carbocycles.